The predicted molar refractivity (Wildman–Crippen MR) is 129 cm³/mol. The summed E-state index contributed by atoms with van der Waals surface area (Å²) in [5.41, 5.74) is 2.62. The number of para-hydroxylation sites is 1. The molecule has 0 atom stereocenters. The van der Waals surface area contributed by atoms with Crippen LogP contribution in [0.25, 0.3) is 16.7 Å². The highest BCUT2D eigenvalue weighted by Gasteiger charge is 2.28. The Morgan fingerprint density at radius 3 is 2.41 bits per heavy atom. The van der Waals surface area contributed by atoms with E-state index in [1.165, 1.54) is 23.5 Å². The van der Waals surface area contributed by atoms with Crippen molar-refractivity contribution in [1.82, 2.24) is 19.7 Å². The van der Waals surface area contributed by atoms with Gasteiger partial charge in [0.05, 0.1) is 41.5 Å². The van der Waals surface area contributed by atoms with Crippen LogP contribution in [0.2, 0.25) is 0 Å². The number of rotatable bonds is 7. The highest BCUT2D eigenvalue weighted by molar-refractivity contribution is 7.92. The molecule has 8 nitrogen and oxygen atoms in total. The van der Waals surface area contributed by atoms with Crippen LogP contribution in [-0.2, 0) is 16.6 Å². The topological polar surface area (TPSA) is 90.2 Å². The largest absolute Gasteiger partial charge is 0.497 e. The van der Waals surface area contributed by atoms with Gasteiger partial charge in [-0.25, -0.2) is 18.1 Å². The van der Waals surface area contributed by atoms with E-state index in [-0.39, 0.29) is 11.4 Å². The fourth-order valence-corrected chi connectivity index (χ4v) is 5.19. The highest BCUT2D eigenvalue weighted by atomic mass is 32.2. The molecule has 0 N–H and O–H groups in total. The Labute approximate surface area is 197 Å². The lowest BCUT2D eigenvalue weighted by Crippen LogP contribution is -2.30. The minimum absolute atomic E-state index is 0.0951. The van der Waals surface area contributed by atoms with Crippen molar-refractivity contribution in [3.05, 3.63) is 103 Å². The van der Waals surface area contributed by atoms with E-state index in [0.717, 1.165) is 11.3 Å². The predicted octanol–water partition coefficient (Wildman–Crippen LogP) is 4.22. The molecule has 2 aromatic carbocycles. The van der Waals surface area contributed by atoms with Crippen LogP contribution in [0.4, 0.5) is 5.69 Å². The van der Waals surface area contributed by atoms with Crippen LogP contribution in [0, 0.1) is 0 Å². The standard InChI is InChI=1S/C25H21N5O3S/c1-33-21-9-11-22(12-10-21)34(31,32)29(18-19-6-5-14-26-16-19)24-13-15-27-25-23(24)17-28-30(25)20-7-3-2-4-8-20/h2-17H,18H2,1H3. The fraction of sp³-hybridized carbons (Fsp3) is 0.0800. The average Bonchev–Trinajstić information content (AvgIpc) is 3.33. The second-order valence-electron chi connectivity index (χ2n) is 7.51. The maximum atomic E-state index is 13.9. The van der Waals surface area contributed by atoms with E-state index in [9.17, 15) is 8.42 Å². The first-order valence-electron chi connectivity index (χ1n) is 10.5. The third kappa shape index (κ3) is 3.97. The van der Waals surface area contributed by atoms with Gasteiger partial charge >= 0.3 is 0 Å². The van der Waals surface area contributed by atoms with E-state index >= 15 is 0 Å². The van der Waals surface area contributed by atoms with Gasteiger partial charge in [-0.2, -0.15) is 5.10 Å². The Balaban J connectivity index is 1.67. The van der Waals surface area contributed by atoms with Crippen LogP contribution >= 0.6 is 0 Å². The summed E-state index contributed by atoms with van der Waals surface area (Å²) < 4.78 is 36.0. The molecule has 0 radical (unpaired) electrons. The molecule has 0 unspecified atom stereocenters. The van der Waals surface area contributed by atoms with Gasteiger partial charge in [-0.05, 0) is 54.1 Å². The molecule has 0 saturated carbocycles. The molecule has 0 spiro atoms. The van der Waals surface area contributed by atoms with Crippen LogP contribution in [-0.4, -0.2) is 35.3 Å². The van der Waals surface area contributed by atoms with Gasteiger partial charge in [-0.3, -0.25) is 9.29 Å². The summed E-state index contributed by atoms with van der Waals surface area (Å²) in [5, 5.41) is 5.11. The van der Waals surface area contributed by atoms with Crippen molar-refractivity contribution in [2.24, 2.45) is 0 Å². The Hall–Kier alpha value is -4.24. The third-order valence-electron chi connectivity index (χ3n) is 5.41. The molecule has 0 aliphatic heterocycles. The molecule has 34 heavy (non-hydrogen) atoms. The second-order valence-corrected chi connectivity index (χ2v) is 9.37. The van der Waals surface area contributed by atoms with E-state index in [2.05, 4.69) is 15.1 Å². The summed E-state index contributed by atoms with van der Waals surface area (Å²) >= 11 is 0. The molecule has 0 fully saturated rings. The number of pyridine rings is 2. The smallest absolute Gasteiger partial charge is 0.264 e. The molecular formula is C25H21N5O3S. The summed E-state index contributed by atoms with van der Waals surface area (Å²) in [6, 6.07) is 21.2. The SMILES string of the molecule is COc1ccc(S(=O)(=O)N(Cc2cccnc2)c2ccnc3c2cnn3-c2ccccc2)cc1. The van der Waals surface area contributed by atoms with Crippen molar-refractivity contribution in [1.29, 1.82) is 0 Å². The van der Waals surface area contributed by atoms with Gasteiger partial charge in [0, 0.05) is 18.6 Å². The van der Waals surface area contributed by atoms with Crippen molar-refractivity contribution in [3.8, 4) is 11.4 Å². The van der Waals surface area contributed by atoms with E-state index in [1.807, 2.05) is 36.4 Å². The van der Waals surface area contributed by atoms with Crippen molar-refractivity contribution >= 4 is 26.7 Å². The van der Waals surface area contributed by atoms with Crippen molar-refractivity contribution < 1.29 is 13.2 Å². The van der Waals surface area contributed by atoms with Gasteiger partial charge in [0.15, 0.2) is 5.65 Å². The van der Waals surface area contributed by atoms with E-state index in [0.29, 0.717) is 22.5 Å². The summed E-state index contributed by atoms with van der Waals surface area (Å²) in [6.45, 7) is 0.0951. The van der Waals surface area contributed by atoms with Gasteiger partial charge in [-0.1, -0.05) is 24.3 Å². The van der Waals surface area contributed by atoms with Gasteiger partial charge in [0.1, 0.15) is 5.75 Å². The first-order valence-corrected chi connectivity index (χ1v) is 12.0. The van der Waals surface area contributed by atoms with Crippen molar-refractivity contribution in [3.63, 3.8) is 0 Å². The van der Waals surface area contributed by atoms with Crippen LogP contribution in [0.15, 0.2) is 102 Å². The molecule has 3 heterocycles. The van der Waals surface area contributed by atoms with Gasteiger partial charge < -0.3 is 4.74 Å². The van der Waals surface area contributed by atoms with Gasteiger partial charge in [0.2, 0.25) is 0 Å². The molecule has 0 aliphatic carbocycles. The molecule has 170 valence electrons. The number of aromatic nitrogens is 4. The van der Waals surface area contributed by atoms with Crippen molar-refractivity contribution in [2.45, 2.75) is 11.4 Å². The number of nitrogens with zero attached hydrogens (tertiary/aromatic N) is 5. The van der Waals surface area contributed by atoms with Gasteiger partial charge in [0.25, 0.3) is 10.0 Å². The van der Waals surface area contributed by atoms with Crippen molar-refractivity contribution in [2.75, 3.05) is 11.4 Å². The van der Waals surface area contributed by atoms with E-state index in [1.54, 1.807) is 53.7 Å². The zero-order chi connectivity index (χ0) is 23.5. The zero-order valence-corrected chi connectivity index (χ0v) is 19.1. The summed E-state index contributed by atoms with van der Waals surface area (Å²) in [5.74, 6) is 0.577. The normalized spacial score (nSPS) is 11.4. The number of ether oxygens (including phenoxy) is 1. The minimum Gasteiger partial charge on any atom is -0.497 e. The maximum Gasteiger partial charge on any atom is 0.264 e. The molecule has 9 heteroatoms. The molecule has 0 bridgehead atoms. The number of hydrogen-bond acceptors (Lipinski definition) is 6. The highest BCUT2D eigenvalue weighted by Crippen LogP contribution is 2.32. The summed E-state index contributed by atoms with van der Waals surface area (Å²) in [6.07, 6.45) is 6.55. The lowest BCUT2D eigenvalue weighted by atomic mass is 10.2. The van der Waals surface area contributed by atoms with Gasteiger partial charge in [-0.15, -0.1) is 0 Å². The number of benzene rings is 2. The maximum absolute atomic E-state index is 13.9. The molecule has 3 aromatic heterocycles. The molecule has 0 aliphatic rings. The van der Waals surface area contributed by atoms with E-state index in [4.69, 9.17) is 4.74 Å². The van der Waals surface area contributed by atoms with E-state index < -0.39 is 10.0 Å². The van der Waals surface area contributed by atoms with Crippen LogP contribution in [0.1, 0.15) is 5.56 Å². The third-order valence-corrected chi connectivity index (χ3v) is 7.19. The van der Waals surface area contributed by atoms with Crippen LogP contribution < -0.4 is 9.04 Å². The number of anilines is 1. The number of sulfonamides is 1. The molecule has 5 rings (SSSR count). The number of hydrogen-bond donors (Lipinski definition) is 0. The minimum atomic E-state index is -3.94. The van der Waals surface area contributed by atoms with Crippen LogP contribution in [0.3, 0.4) is 0 Å². The lowest BCUT2D eigenvalue weighted by Gasteiger charge is -2.25. The quantitative estimate of drug-likeness (QED) is 0.353. The first kappa shape index (κ1) is 21.6. The average molecular weight is 472 g/mol. The molecular weight excluding hydrogens is 450 g/mol. The first-order chi connectivity index (χ1) is 16.6. The Bertz CT molecular complexity index is 1520. The number of methoxy groups -OCH3 is 1. The Morgan fingerprint density at radius 2 is 1.71 bits per heavy atom. The lowest BCUT2D eigenvalue weighted by molar-refractivity contribution is 0.414. The molecule has 0 saturated heterocycles. The summed E-state index contributed by atoms with van der Waals surface area (Å²) in [4.78, 5) is 8.79. The Morgan fingerprint density at radius 1 is 0.912 bits per heavy atom. The zero-order valence-electron chi connectivity index (χ0n) is 18.3. The van der Waals surface area contributed by atoms with Crippen LogP contribution in [0.5, 0.6) is 5.75 Å². The molecule has 0 amide bonds. The Kier molecular flexibility index (Phi) is 5.69. The second kappa shape index (κ2) is 8.95. The molecule has 5 aromatic rings. The summed E-state index contributed by atoms with van der Waals surface area (Å²) in [7, 11) is -2.40. The number of fused-ring (bicyclic) bond motifs is 1. The monoisotopic (exact) mass is 471 g/mol. The fourth-order valence-electron chi connectivity index (χ4n) is 3.72.